The molecule has 0 saturated heterocycles. The quantitative estimate of drug-likeness (QED) is 0.339. The van der Waals surface area contributed by atoms with Gasteiger partial charge in [-0.2, -0.15) is 0 Å². The monoisotopic (exact) mass is 208 g/mol. The van der Waals surface area contributed by atoms with Crippen molar-refractivity contribution in [3.63, 3.8) is 0 Å². The van der Waals surface area contributed by atoms with Crippen LogP contribution in [-0.2, 0) is 9.53 Å². The molecule has 2 atom stereocenters. The van der Waals surface area contributed by atoms with Crippen LogP contribution >= 0.6 is 0 Å². The summed E-state index contributed by atoms with van der Waals surface area (Å²) in [5.41, 5.74) is 0. The normalized spacial score (nSPS) is 22.6. The van der Waals surface area contributed by atoms with E-state index in [1.807, 2.05) is 0 Å². The van der Waals surface area contributed by atoms with E-state index in [4.69, 9.17) is 25.5 Å². The molecule has 0 aromatic rings. The van der Waals surface area contributed by atoms with Gasteiger partial charge in [-0.1, -0.05) is 0 Å². The highest BCUT2D eigenvalue weighted by molar-refractivity contribution is 5.89. The highest BCUT2D eigenvalue weighted by Crippen LogP contribution is 2.20. The zero-order valence-corrected chi connectivity index (χ0v) is 7.41. The number of rotatable bonds is 2. The molecule has 7 heteroatoms. The lowest BCUT2D eigenvalue weighted by Gasteiger charge is -2.13. The second-order valence-corrected chi connectivity index (χ2v) is 2.31. The van der Waals surface area contributed by atoms with Crippen molar-refractivity contribution in [2.24, 2.45) is 0 Å². The van der Waals surface area contributed by atoms with Crippen LogP contribution in [0.1, 0.15) is 0 Å². The Morgan fingerprint density at radius 3 is 2.21 bits per heavy atom. The van der Waals surface area contributed by atoms with Crippen LogP contribution < -0.4 is 0 Å². The highest BCUT2D eigenvalue weighted by Gasteiger charge is 2.38. The summed E-state index contributed by atoms with van der Waals surface area (Å²) < 4.78 is 4.32. The van der Waals surface area contributed by atoms with Gasteiger partial charge in [-0.3, -0.25) is 0 Å². The number of hydrogen-bond acceptors (Lipinski definition) is 7. The molecule has 0 radical (unpaired) electrons. The van der Waals surface area contributed by atoms with Crippen molar-refractivity contribution in [2.75, 3.05) is 13.7 Å². The van der Waals surface area contributed by atoms with Crippen molar-refractivity contribution >= 4 is 5.97 Å². The van der Waals surface area contributed by atoms with Gasteiger partial charge in [0.15, 0.2) is 11.9 Å². The van der Waals surface area contributed by atoms with Crippen molar-refractivity contribution in [3.8, 4) is 0 Å². The SMILES string of the molecule is CO.O=C1O[C@H]([C@@H](O)CO)C(O)=C1O. The fourth-order valence-electron chi connectivity index (χ4n) is 0.823. The maximum atomic E-state index is 10.5. The summed E-state index contributed by atoms with van der Waals surface area (Å²) in [4.78, 5) is 10.5. The molecule has 14 heavy (non-hydrogen) atoms. The van der Waals surface area contributed by atoms with Gasteiger partial charge in [0.2, 0.25) is 5.76 Å². The van der Waals surface area contributed by atoms with E-state index in [9.17, 15) is 4.79 Å². The van der Waals surface area contributed by atoms with Gasteiger partial charge in [0.1, 0.15) is 6.10 Å². The molecule has 0 saturated carbocycles. The molecule has 0 amide bonds. The molecule has 5 N–H and O–H groups in total. The van der Waals surface area contributed by atoms with Gasteiger partial charge in [-0.25, -0.2) is 4.79 Å². The Morgan fingerprint density at radius 2 is 1.93 bits per heavy atom. The first-order valence-electron chi connectivity index (χ1n) is 3.64. The lowest BCUT2D eigenvalue weighted by atomic mass is 10.2. The number of carbonyl (C=O) groups is 1. The summed E-state index contributed by atoms with van der Waals surface area (Å²) in [5, 5.41) is 42.0. The van der Waals surface area contributed by atoms with E-state index in [0.717, 1.165) is 7.11 Å². The Bertz CT molecular complexity index is 234. The van der Waals surface area contributed by atoms with Gasteiger partial charge in [0.25, 0.3) is 0 Å². The van der Waals surface area contributed by atoms with Crippen LogP contribution in [0.25, 0.3) is 0 Å². The minimum absolute atomic E-state index is 0.671. The molecule has 0 aromatic carbocycles. The van der Waals surface area contributed by atoms with E-state index in [0.29, 0.717) is 0 Å². The van der Waals surface area contributed by atoms with Crippen LogP contribution in [0.5, 0.6) is 0 Å². The summed E-state index contributed by atoms with van der Waals surface area (Å²) in [7, 11) is 1.00. The number of aliphatic hydroxyl groups is 5. The molecule has 0 unspecified atom stereocenters. The maximum Gasteiger partial charge on any atom is 0.377 e. The van der Waals surface area contributed by atoms with Gasteiger partial charge in [0.05, 0.1) is 6.61 Å². The van der Waals surface area contributed by atoms with E-state index < -0.39 is 36.3 Å². The summed E-state index contributed by atoms with van der Waals surface area (Å²) in [6.45, 7) is -0.671. The smallest absolute Gasteiger partial charge is 0.377 e. The van der Waals surface area contributed by atoms with E-state index in [-0.39, 0.29) is 0 Å². The predicted molar refractivity (Wildman–Crippen MR) is 43.4 cm³/mol. The molecular weight excluding hydrogens is 196 g/mol. The summed E-state index contributed by atoms with van der Waals surface area (Å²) >= 11 is 0. The molecule has 82 valence electrons. The second kappa shape index (κ2) is 5.43. The van der Waals surface area contributed by atoms with E-state index in [2.05, 4.69) is 4.74 Å². The maximum absolute atomic E-state index is 10.5. The predicted octanol–water partition coefficient (Wildman–Crippen LogP) is -1.80. The third-order valence-corrected chi connectivity index (χ3v) is 1.48. The Balaban J connectivity index is 0.000000791. The lowest BCUT2D eigenvalue weighted by Crippen LogP contribution is -2.31. The molecule has 1 heterocycles. The van der Waals surface area contributed by atoms with E-state index in [1.165, 1.54) is 0 Å². The van der Waals surface area contributed by atoms with Gasteiger partial charge >= 0.3 is 5.97 Å². The van der Waals surface area contributed by atoms with E-state index in [1.54, 1.807) is 0 Å². The molecule has 0 aromatic heterocycles. The number of hydrogen-bond donors (Lipinski definition) is 5. The molecule has 0 aliphatic carbocycles. The fourth-order valence-corrected chi connectivity index (χ4v) is 0.823. The first kappa shape index (κ1) is 12.7. The van der Waals surface area contributed by atoms with Gasteiger partial charge < -0.3 is 30.3 Å². The number of cyclic esters (lactones) is 1. The van der Waals surface area contributed by atoms with Crippen molar-refractivity contribution in [3.05, 3.63) is 11.5 Å². The van der Waals surface area contributed by atoms with Crippen molar-refractivity contribution in [1.29, 1.82) is 0 Å². The molecule has 1 aliphatic rings. The topological polar surface area (TPSA) is 127 Å². The van der Waals surface area contributed by atoms with Crippen LogP contribution in [0, 0.1) is 0 Å². The van der Waals surface area contributed by atoms with E-state index >= 15 is 0 Å². The first-order chi connectivity index (χ1) is 6.57. The number of esters is 1. The average molecular weight is 208 g/mol. The minimum atomic E-state index is -1.42. The molecule has 1 rings (SSSR count). The van der Waals surface area contributed by atoms with Crippen LogP contribution in [-0.4, -0.2) is 57.4 Å². The summed E-state index contributed by atoms with van der Waals surface area (Å²) in [6.07, 6.45) is -2.78. The standard InChI is InChI=1S/C6H8O6.CH4O/c7-1-2(8)5-3(9)4(10)6(11)12-5;1-2/h2,5,7-10H,1H2;2H,1H3/t2-,5+;/m0./s1. The van der Waals surface area contributed by atoms with Gasteiger partial charge in [-0.05, 0) is 0 Å². The zero-order valence-electron chi connectivity index (χ0n) is 7.41. The van der Waals surface area contributed by atoms with Crippen molar-refractivity contribution < 1.29 is 35.1 Å². The number of aliphatic hydroxyl groups excluding tert-OH is 5. The molecule has 1 aliphatic heterocycles. The highest BCUT2D eigenvalue weighted by atomic mass is 16.6. The zero-order chi connectivity index (χ0) is 11.3. The second-order valence-electron chi connectivity index (χ2n) is 2.31. The fraction of sp³-hybridized carbons (Fsp3) is 0.571. The Morgan fingerprint density at radius 1 is 1.43 bits per heavy atom. The molecule has 0 fully saturated rings. The van der Waals surface area contributed by atoms with Crippen LogP contribution in [0.4, 0.5) is 0 Å². The summed E-state index contributed by atoms with van der Waals surface area (Å²) in [5.74, 6) is -2.78. The Hall–Kier alpha value is -1.31. The molecular formula is C7H12O7. The average Bonchev–Trinajstić information content (AvgIpc) is 2.48. The number of ether oxygens (including phenoxy) is 1. The Kier molecular flexibility index (Phi) is 4.92. The largest absolute Gasteiger partial charge is 0.505 e. The van der Waals surface area contributed by atoms with Gasteiger partial charge in [-0.15, -0.1) is 0 Å². The molecule has 0 bridgehead atoms. The lowest BCUT2D eigenvalue weighted by molar-refractivity contribution is -0.147. The summed E-state index contributed by atoms with van der Waals surface area (Å²) in [6, 6.07) is 0. The minimum Gasteiger partial charge on any atom is -0.505 e. The van der Waals surface area contributed by atoms with Crippen LogP contribution in [0.3, 0.4) is 0 Å². The Labute approximate surface area is 79.5 Å². The third kappa shape index (κ3) is 2.34. The van der Waals surface area contributed by atoms with Crippen LogP contribution in [0.2, 0.25) is 0 Å². The van der Waals surface area contributed by atoms with Crippen molar-refractivity contribution in [2.45, 2.75) is 12.2 Å². The van der Waals surface area contributed by atoms with Crippen molar-refractivity contribution in [1.82, 2.24) is 0 Å². The molecule has 7 nitrogen and oxygen atoms in total. The van der Waals surface area contributed by atoms with Crippen LogP contribution in [0.15, 0.2) is 11.5 Å². The molecule has 0 spiro atoms. The third-order valence-electron chi connectivity index (χ3n) is 1.48. The van der Waals surface area contributed by atoms with Gasteiger partial charge in [0, 0.05) is 7.11 Å². The first-order valence-corrected chi connectivity index (χ1v) is 3.64. The number of carbonyl (C=O) groups excluding carboxylic acids is 1.